The summed E-state index contributed by atoms with van der Waals surface area (Å²) < 4.78 is 5.58. The van der Waals surface area contributed by atoms with Gasteiger partial charge in [0, 0.05) is 34.9 Å². The third-order valence-corrected chi connectivity index (χ3v) is 6.82. The number of rotatable bonds is 7. The van der Waals surface area contributed by atoms with Crippen molar-refractivity contribution in [2.75, 3.05) is 29.1 Å². The number of benzene rings is 2. The molecule has 8 heteroatoms. The standard InChI is InChI=1S/C24H24N4O3S/c29-23-15-32-22-7-6-18(11-21(22)27-23)28-14-19(31-24(28)30)5-2-9-25-12-16-3-1-4-17-13-26-10-8-20(16)17/h1,3-4,6-8,10-11,13,19,25H,2,5,9,12,14-15H2,(H,27,29)/t19-/m0/s1. The van der Waals surface area contributed by atoms with Crippen molar-refractivity contribution in [1.82, 2.24) is 10.3 Å². The summed E-state index contributed by atoms with van der Waals surface area (Å²) in [4.78, 5) is 30.9. The monoisotopic (exact) mass is 448 g/mol. The lowest BCUT2D eigenvalue weighted by Gasteiger charge is -2.20. The van der Waals surface area contributed by atoms with E-state index >= 15 is 0 Å². The fourth-order valence-electron chi connectivity index (χ4n) is 4.14. The van der Waals surface area contributed by atoms with Gasteiger partial charge in [-0.3, -0.25) is 14.7 Å². The second kappa shape index (κ2) is 9.18. The van der Waals surface area contributed by atoms with Crippen molar-refractivity contribution in [2.24, 2.45) is 0 Å². The molecule has 0 bridgehead atoms. The van der Waals surface area contributed by atoms with Crippen molar-refractivity contribution in [2.45, 2.75) is 30.4 Å². The molecule has 3 heterocycles. The van der Waals surface area contributed by atoms with Crippen LogP contribution in [0.15, 0.2) is 59.8 Å². The van der Waals surface area contributed by atoms with E-state index in [9.17, 15) is 9.59 Å². The number of amides is 2. The van der Waals surface area contributed by atoms with Gasteiger partial charge in [0.05, 0.1) is 18.0 Å². The molecule has 1 atom stereocenters. The highest BCUT2D eigenvalue weighted by Crippen LogP contribution is 2.35. The first-order valence-electron chi connectivity index (χ1n) is 10.7. The van der Waals surface area contributed by atoms with Crippen LogP contribution in [0.1, 0.15) is 18.4 Å². The summed E-state index contributed by atoms with van der Waals surface area (Å²) in [6.07, 6.45) is 4.95. The van der Waals surface area contributed by atoms with E-state index in [2.05, 4.69) is 33.8 Å². The SMILES string of the molecule is O=C1CSc2ccc(N3C[C@H](CCCNCc4cccc5cnccc45)OC3=O)cc2N1. The zero-order valence-electron chi connectivity index (χ0n) is 17.5. The number of carbonyl (C=O) groups excluding carboxylic acids is 2. The van der Waals surface area contributed by atoms with Crippen LogP contribution in [0.3, 0.4) is 0 Å². The predicted molar refractivity (Wildman–Crippen MR) is 126 cm³/mol. The minimum atomic E-state index is -0.331. The summed E-state index contributed by atoms with van der Waals surface area (Å²) in [5, 5.41) is 8.73. The van der Waals surface area contributed by atoms with Crippen LogP contribution in [-0.4, -0.2) is 41.9 Å². The second-order valence-corrected chi connectivity index (χ2v) is 8.98. The van der Waals surface area contributed by atoms with E-state index < -0.39 is 0 Å². The number of ether oxygens (including phenoxy) is 1. The lowest BCUT2D eigenvalue weighted by Crippen LogP contribution is -2.25. The molecule has 2 aromatic carbocycles. The minimum absolute atomic E-state index is 0.0193. The number of anilines is 2. The van der Waals surface area contributed by atoms with Crippen molar-refractivity contribution < 1.29 is 14.3 Å². The van der Waals surface area contributed by atoms with E-state index in [0.29, 0.717) is 12.3 Å². The van der Waals surface area contributed by atoms with E-state index in [0.717, 1.165) is 47.6 Å². The maximum Gasteiger partial charge on any atom is 0.414 e. The largest absolute Gasteiger partial charge is 0.444 e. The zero-order valence-corrected chi connectivity index (χ0v) is 18.4. The van der Waals surface area contributed by atoms with Gasteiger partial charge >= 0.3 is 6.09 Å². The molecule has 1 saturated heterocycles. The topological polar surface area (TPSA) is 83.6 Å². The Morgan fingerprint density at radius 2 is 2.16 bits per heavy atom. The Morgan fingerprint density at radius 3 is 3.09 bits per heavy atom. The normalized spacial score (nSPS) is 17.9. The van der Waals surface area contributed by atoms with Crippen LogP contribution in [0.4, 0.5) is 16.2 Å². The van der Waals surface area contributed by atoms with E-state index in [1.54, 1.807) is 4.90 Å². The molecule has 7 nitrogen and oxygen atoms in total. The number of hydrogen-bond donors (Lipinski definition) is 2. The maximum atomic E-state index is 12.4. The van der Waals surface area contributed by atoms with Gasteiger partial charge in [0.15, 0.2) is 0 Å². The average Bonchev–Trinajstić information content (AvgIpc) is 3.18. The number of pyridine rings is 1. The van der Waals surface area contributed by atoms with Crippen LogP contribution in [0.25, 0.3) is 10.8 Å². The van der Waals surface area contributed by atoms with Gasteiger partial charge < -0.3 is 15.4 Å². The Hall–Kier alpha value is -3.10. The summed E-state index contributed by atoms with van der Waals surface area (Å²) in [5.41, 5.74) is 2.76. The number of hydrogen-bond acceptors (Lipinski definition) is 6. The molecule has 2 amide bonds. The van der Waals surface area contributed by atoms with E-state index in [-0.39, 0.29) is 18.1 Å². The lowest BCUT2D eigenvalue weighted by molar-refractivity contribution is -0.113. The summed E-state index contributed by atoms with van der Waals surface area (Å²) in [6.45, 7) is 2.16. The summed E-state index contributed by atoms with van der Waals surface area (Å²) in [5.74, 6) is 0.403. The number of thioether (sulfide) groups is 1. The van der Waals surface area contributed by atoms with Crippen LogP contribution >= 0.6 is 11.8 Å². The summed E-state index contributed by atoms with van der Waals surface area (Å²) in [6, 6.07) is 14.0. The molecule has 1 fully saturated rings. The highest BCUT2D eigenvalue weighted by atomic mass is 32.2. The van der Waals surface area contributed by atoms with E-state index in [1.807, 2.05) is 36.7 Å². The van der Waals surface area contributed by atoms with Gasteiger partial charge in [0.1, 0.15) is 6.10 Å². The first-order chi connectivity index (χ1) is 15.7. The van der Waals surface area contributed by atoms with E-state index in [4.69, 9.17) is 4.74 Å². The molecule has 0 aliphatic carbocycles. The molecule has 5 rings (SSSR count). The van der Waals surface area contributed by atoms with Crippen molar-refractivity contribution in [3.63, 3.8) is 0 Å². The number of carbonyl (C=O) groups is 2. The van der Waals surface area contributed by atoms with Gasteiger partial charge in [-0.1, -0.05) is 18.2 Å². The third kappa shape index (κ3) is 4.42. The first-order valence-corrected chi connectivity index (χ1v) is 11.7. The van der Waals surface area contributed by atoms with Crippen LogP contribution in [0.2, 0.25) is 0 Å². The van der Waals surface area contributed by atoms with E-state index in [1.165, 1.54) is 22.7 Å². The number of nitrogens with zero attached hydrogens (tertiary/aromatic N) is 2. The predicted octanol–water partition coefficient (Wildman–Crippen LogP) is 4.17. The Kier molecular flexibility index (Phi) is 5.96. The lowest BCUT2D eigenvalue weighted by atomic mass is 10.1. The molecule has 0 radical (unpaired) electrons. The van der Waals surface area contributed by atoms with Crippen LogP contribution in [0.5, 0.6) is 0 Å². The molecule has 2 N–H and O–H groups in total. The van der Waals surface area contributed by atoms with Gasteiger partial charge in [-0.2, -0.15) is 0 Å². The van der Waals surface area contributed by atoms with Crippen molar-refractivity contribution in [3.05, 3.63) is 60.4 Å². The molecular formula is C24H24N4O3S. The highest BCUT2D eigenvalue weighted by Gasteiger charge is 2.32. The number of cyclic esters (lactones) is 1. The molecule has 2 aliphatic rings. The second-order valence-electron chi connectivity index (χ2n) is 7.97. The Balaban J connectivity index is 1.11. The quantitative estimate of drug-likeness (QED) is 0.528. The van der Waals surface area contributed by atoms with Gasteiger partial charge in [-0.05, 0) is 54.6 Å². The number of aromatic nitrogens is 1. The summed E-state index contributed by atoms with van der Waals surface area (Å²) >= 11 is 1.51. The van der Waals surface area contributed by atoms with Crippen molar-refractivity contribution >= 4 is 45.9 Å². The van der Waals surface area contributed by atoms with Crippen molar-refractivity contribution in [3.8, 4) is 0 Å². The fourth-order valence-corrected chi connectivity index (χ4v) is 4.93. The van der Waals surface area contributed by atoms with Gasteiger partial charge in [-0.15, -0.1) is 11.8 Å². The molecule has 0 spiro atoms. The molecular weight excluding hydrogens is 424 g/mol. The van der Waals surface area contributed by atoms with Crippen LogP contribution < -0.4 is 15.5 Å². The number of nitrogens with one attached hydrogen (secondary N) is 2. The molecule has 164 valence electrons. The highest BCUT2D eigenvalue weighted by molar-refractivity contribution is 8.00. The zero-order chi connectivity index (χ0) is 21.9. The van der Waals surface area contributed by atoms with Crippen molar-refractivity contribution in [1.29, 1.82) is 0 Å². The smallest absolute Gasteiger partial charge is 0.414 e. The molecule has 2 aliphatic heterocycles. The van der Waals surface area contributed by atoms with Gasteiger partial charge in [0.25, 0.3) is 0 Å². The molecule has 32 heavy (non-hydrogen) atoms. The Labute approximate surface area is 190 Å². The maximum absolute atomic E-state index is 12.4. The Morgan fingerprint density at radius 1 is 1.22 bits per heavy atom. The molecule has 0 unspecified atom stereocenters. The van der Waals surface area contributed by atoms with Gasteiger partial charge in [0.2, 0.25) is 5.91 Å². The summed E-state index contributed by atoms with van der Waals surface area (Å²) in [7, 11) is 0. The molecule has 0 saturated carbocycles. The van der Waals surface area contributed by atoms with Crippen LogP contribution in [-0.2, 0) is 16.1 Å². The number of fused-ring (bicyclic) bond motifs is 2. The fraction of sp³-hybridized carbons (Fsp3) is 0.292. The minimum Gasteiger partial charge on any atom is -0.444 e. The van der Waals surface area contributed by atoms with Crippen LogP contribution in [0, 0.1) is 0 Å². The average molecular weight is 449 g/mol. The Bertz CT molecular complexity index is 1160. The van der Waals surface area contributed by atoms with Gasteiger partial charge in [-0.25, -0.2) is 4.79 Å². The first kappa shape index (κ1) is 20.8. The third-order valence-electron chi connectivity index (χ3n) is 5.75. The molecule has 1 aromatic heterocycles. The molecule has 3 aromatic rings.